The number of hydrogen-bond acceptors (Lipinski definition) is 5. The molecule has 2 saturated heterocycles. The Balaban J connectivity index is 1.51. The van der Waals surface area contributed by atoms with Crippen LogP contribution in [0.25, 0.3) is 0 Å². The van der Waals surface area contributed by atoms with Crippen molar-refractivity contribution in [3.8, 4) is 0 Å². The van der Waals surface area contributed by atoms with Crippen LogP contribution in [0.5, 0.6) is 0 Å². The van der Waals surface area contributed by atoms with Gasteiger partial charge in [-0.25, -0.2) is 0 Å². The van der Waals surface area contributed by atoms with Gasteiger partial charge in [0.25, 0.3) is 0 Å². The number of rotatable bonds is 5. The molecule has 0 saturated carbocycles. The van der Waals surface area contributed by atoms with Crippen LogP contribution in [0.3, 0.4) is 0 Å². The Kier molecular flexibility index (Phi) is 6.22. The predicted molar refractivity (Wildman–Crippen MR) is 101 cm³/mol. The van der Waals surface area contributed by atoms with Crippen LogP contribution in [-0.4, -0.2) is 41.5 Å². The Morgan fingerprint density at radius 2 is 2.24 bits per heavy atom. The maximum atomic E-state index is 12.1. The fourth-order valence-corrected chi connectivity index (χ4v) is 3.82. The van der Waals surface area contributed by atoms with Crippen LogP contribution < -0.4 is 10.6 Å². The van der Waals surface area contributed by atoms with Crippen LogP contribution in [0.4, 0.5) is 5.69 Å². The van der Waals surface area contributed by atoms with Crippen molar-refractivity contribution in [1.29, 1.82) is 0 Å². The number of aliphatic imine (C=N–C) groups is 1. The summed E-state index contributed by atoms with van der Waals surface area (Å²) in [6.07, 6.45) is 2.22. The molecule has 1 aromatic carbocycles. The van der Waals surface area contributed by atoms with Crippen molar-refractivity contribution in [3.63, 3.8) is 0 Å². The van der Waals surface area contributed by atoms with Gasteiger partial charge in [-0.1, -0.05) is 35.0 Å². The van der Waals surface area contributed by atoms with Crippen molar-refractivity contribution >= 4 is 57.6 Å². The quantitative estimate of drug-likeness (QED) is 0.794. The van der Waals surface area contributed by atoms with Crippen LogP contribution in [0.15, 0.2) is 23.2 Å². The number of hydrogen-bond donors (Lipinski definition) is 2. The van der Waals surface area contributed by atoms with Gasteiger partial charge in [-0.2, -0.15) is 0 Å². The molecule has 6 nitrogen and oxygen atoms in total. The summed E-state index contributed by atoms with van der Waals surface area (Å²) < 4.78 is 5.50. The number of anilines is 1. The van der Waals surface area contributed by atoms with Crippen LogP contribution in [0.2, 0.25) is 10.0 Å². The highest BCUT2D eigenvalue weighted by Gasteiger charge is 2.32. The highest BCUT2D eigenvalue weighted by Crippen LogP contribution is 2.26. The minimum atomic E-state index is -0.494. The summed E-state index contributed by atoms with van der Waals surface area (Å²) >= 11 is 13.0. The number of carbonyl (C=O) groups is 2. The van der Waals surface area contributed by atoms with Gasteiger partial charge in [0.2, 0.25) is 11.8 Å². The summed E-state index contributed by atoms with van der Waals surface area (Å²) in [7, 11) is 0. The highest BCUT2D eigenvalue weighted by molar-refractivity contribution is 8.15. The number of nitrogens with zero attached hydrogens (tertiary/aromatic N) is 1. The third-order valence-electron chi connectivity index (χ3n) is 3.81. The van der Waals surface area contributed by atoms with E-state index in [2.05, 4.69) is 15.6 Å². The summed E-state index contributed by atoms with van der Waals surface area (Å²) in [4.78, 5) is 28.5. The number of halogens is 2. The van der Waals surface area contributed by atoms with Crippen molar-refractivity contribution in [2.24, 2.45) is 4.99 Å². The number of amides is 2. The van der Waals surface area contributed by atoms with Crippen LogP contribution >= 0.6 is 35.0 Å². The van der Waals surface area contributed by atoms with Gasteiger partial charge >= 0.3 is 0 Å². The minimum Gasteiger partial charge on any atom is -0.376 e. The van der Waals surface area contributed by atoms with Crippen LogP contribution in [0.1, 0.15) is 19.3 Å². The molecule has 0 spiro atoms. The molecule has 0 aliphatic carbocycles. The topological polar surface area (TPSA) is 79.8 Å². The second-order valence-corrected chi connectivity index (χ2v) is 7.76. The lowest BCUT2D eigenvalue weighted by Gasteiger charge is -2.08. The summed E-state index contributed by atoms with van der Waals surface area (Å²) in [6, 6.07) is 4.83. The molecule has 2 atom stereocenters. The molecule has 9 heteroatoms. The van der Waals surface area contributed by atoms with Gasteiger partial charge in [0.15, 0.2) is 5.17 Å². The second kappa shape index (κ2) is 8.40. The lowest BCUT2D eigenvalue weighted by molar-refractivity contribution is -0.122. The largest absolute Gasteiger partial charge is 0.376 e. The Hall–Kier alpha value is -1.28. The number of amidine groups is 1. The van der Waals surface area contributed by atoms with Gasteiger partial charge < -0.3 is 15.4 Å². The van der Waals surface area contributed by atoms with Crippen LogP contribution in [0, 0.1) is 0 Å². The number of ether oxygens (including phenoxy) is 1. The summed E-state index contributed by atoms with van der Waals surface area (Å²) in [6.45, 7) is 1.30. The van der Waals surface area contributed by atoms with E-state index in [9.17, 15) is 9.59 Å². The first-order valence-electron chi connectivity index (χ1n) is 7.90. The molecule has 0 radical (unpaired) electrons. The van der Waals surface area contributed by atoms with E-state index < -0.39 is 5.25 Å². The van der Waals surface area contributed by atoms with E-state index >= 15 is 0 Å². The van der Waals surface area contributed by atoms with Gasteiger partial charge in [0.1, 0.15) is 5.25 Å². The molecule has 2 N–H and O–H groups in total. The molecule has 2 amide bonds. The second-order valence-electron chi connectivity index (χ2n) is 5.76. The molecule has 134 valence electrons. The summed E-state index contributed by atoms with van der Waals surface area (Å²) in [5.41, 5.74) is 0.537. The Morgan fingerprint density at radius 1 is 1.40 bits per heavy atom. The van der Waals surface area contributed by atoms with Crippen molar-refractivity contribution < 1.29 is 14.3 Å². The van der Waals surface area contributed by atoms with Gasteiger partial charge in [0, 0.05) is 18.7 Å². The van der Waals surface area contributed by atoms with Gasteiger partial charge in [-0.3, -0.25) is 14.6 Å². The average molecular weight is 402 g/mol. The molecule has 0 aromatic heterocycles. The van der Waals surface area contributed by atoms with E-state index in [-0.39, 0.29) is 24.3 Å². The molecular formula is C16H17Cl2N3O3S. The Bertz CT molecular complexity index is 708. The summed E-state index contributed by atoms with van der Waals surface area (Å²) in [5.74, 6) is -0.480. The molecule has 0 bridgehead atoms. The Labute approximate surface area is 159 Å². The zero-order valence-electron chi connectivity index (χ0n) is 13.3. The molecule has 3 rings (SSSR count). The normalized spacial score (nSPS) is 24.6. The fourth-order valence-electron chi connectivity index (χ4n) is 2.54. The lowest BCUT2D eigenvalue weighted by atomic mass is 10.2. The predicted octanol–water partition coefficient (Wildman–Crippen LogP) is 3.09. The number of benzene rings is 1. The highest BCUT2D eigenvalue weighted by atomic mass is 35.5. The first-order chi connectivity index (χ1) is 12.0. The molecule has 2 aliphatic heterocycles. The van der Waals surface area contributed by atoms with E-state index in [0.29, 0.717) is 27.4 Å². The third-order valence-corrected chi connectivity index (χ3v) is 5.67. The molecular weight excluding hydrogens is 385 g/mol. The van der Waals surface area contributed by atoms with Crippen molar-refractivity contribution in [3.05, 3.63) is 28.2 Å². The number of carbonyl (C=O) groups excluding carboxylic acids is 2. The molecule has 2 aliphatic rings. The van der Waals surface area contributed by atoms with E-state index in [1.54, 1.807) is 18.2 Å². The van der Waals surface area contributed by atoms with Gasteiger partial charge in [-0.15, -0.1) is 0 Å². The van der Waals surface area contributed by atoms with E-state index in [1.165, 1.54) is 11.8 Å². The summed E-state index contributed by atoms with van der Waals surface area (Å²) in [5, 5.41) is 6.25. The number of thioether (sulfide) groups is 1. The zero-order chi connectivity index (χ0) is 17.8. The Morgan fingerprint density at radius 3 is 2.96 bits per heavy atom. The zero-order valence-corrected chi connectivity index (χ0v) is 15.6. The van der Waals surface area contributed by atoms with Crippen LogP contribution in [-0.2, 0) is 14.3 Å². The fraction of sp³-hybridized carbons (Fsp3) is 0.438. The van der Waals surface area contributed by atoms with Gasteiger partial charge in [0.05, 0.1) is 22.7 Å². The monoisotopic (exact) mass is 401 g/mol. The molecule has 25 heavy (non-hydrogen) atoms. The smallest absolute Gasteiger partial charge is 0.240 e. The molecule has 1 aromatic rings. The van der Waals surface area contributed by atoms with Crippen molar-refractivity contribution in [1.82, 2.24) is 5.32 Å². The lowest BCUT2D eigenvalue weighted by Crippen LogP contribution is -2.28. The maximum absolute atomic E-state index is 12.1. The van der Waals surface area contributed by atoms with E-state index in [0.717, 1.165) is 19.4 Å². The average Bonchev–Trinajstić information content (AvgIpc) is 3.19. The minimum absolute atomic E-state index is 0.0513. The maximum Gasteiger partial charge on any atom is 0.240 e. The first-order valence-corrected chi connectivity index (χ1v) is 9.53. The molecule has 0 unspecified atom stereocenters. The van der Waals surface area contributed by atoms with Crippen molar-refractivity contribution in [2.45, 2.75) is 30.6 Å². The first kappa shape index (κ1) is 18.5. The third kappa shape index (κ3) is 5.10. The SMILES string of the molecule is O=C(C[C@H]1SC(=NC[C@@H]2CCCO2)NC1=O)Nc1ccc(Cl)c(Cl)c1. The molecule has 2 heterocycles. The van der Waals surface area contributed by atoms with E-state index in [1.807, 2.05) is 0 Å². The standard InChI is InChI=1S/C16H17Cl2N3O3S/c17-11-4-3-9(6-12(11)18)20-14(22)7-13-15(23)21-16(25-13)19-8-10-2-1-5-24-10/h3-4,6,10,13H,1-2,5,7-8H2,(H,20,22)(H,19,21,23)/t10-,13+/m0/s1. The van der Waals surface area contributed by atoms with Gasteiger partial charge in [-0.05, 0) is 31.0 Å². The number of nitrogens with one attached hydrogen (secondary N) is 2. The molecule has 2 fully saturated rings. The van der Waals surface area contributed by atoms with E-state index in [4.69, 9.17) is 27.9 Å². The van der Waals surface area contributed by atoms with Crippen molar-refractivity contribution in [2.75, 3.05) is 18.5 Å².